The zero-order chi connectivity index (χ0) is 19.8. The summed E-state index contributed by atoms with van der Waals surface area (Å²) in [7, 11) is -3.57. The van der Waals surface area contributed by atoms with Gasteiger partial charge in [0.15, 0.2) is 5.82 Å². The topological polar surface area (TPSA) is 46.0 Å². The first-order chi connectivity index (χ1) is 12.6. The van der Waals surface area contributed by atoms with Gasteiger partial charge >= 0.3 is 0 Å². The van der Waals surface area contributed by atoms with Crippen LogP contribution >= 0.6 is 7.69 Å². The van der Waals surface area contributed by atoms with Crippen molar-refractivity contribution < 1.29 is 5.11 Å². The Morgan fingerprint density at radius 1 is 0.778 bits per heavy atom. The standard InChI is InChI=1S/C21H29N2OPSi2/c1-26(2,3)21(27(4,5)6)25-20(17-10-8-7-9-11-17)22-19(23-25)16-12-14-18(24)15-13-16/h7-15,21,24H,1-6H3. The van der Waals surface area contributed by atoms with Crippen LogP contribution in [0, 0.1) is 0 Å². The largest absolute Gasteiger partial charge is 0.508 e. The van der Waals surface area contributed by atoms with Crippen molar-refractivity contribution >= 4 is 23.8 Å². The third kappa shape index (κ3) is 4.42. The second kappa shape index (κ2) is 7.38. The molecule has 0 aliphatic heterocycles. The Morgan fingerprint density at radius 3 is 1.85 bits per heavy atom. The van der Waals surface area contributed by atoms with Crippen molar-refractivity contribution in [2.45, 2.75) is 44.2 Å². The Labute approximate surface area is 165 Å². The van der Waals surface area contributed by atoms with Crippen LogP contribution in [0.1, 0.15) is 4.91 Å². The molecule has 0 saturated heterocycles. The third-order valence-electron chi connectivity index (χ3n) is 4.67. The highest BCUT2D eigenvalue weighted by Crippen LogP contribution is 2.55. The summed E-state index contributed by atoms with van der Waals surface area (Å²) in [6, 6.07) is 17.8. The number of hydrogen-bond donors (Lipinski definition) is 1. The number of hydrogen-bond acceptors (Lipinski definition) is 3. The van der Waals surface area contributed by atoms with E-state index in [1.54, 1.807) is 12.1 Å². The van der Waals surface area contributed by atoms with Gasteiger partial charge in [-0.25, -0.2) is 9.73 Å². The first kappa shape index (κ1) is 20.1. The fraction of sp³-hybridized carbons (Fsp3) is 0.333. The van der Waals surface area contributed by atoms with Crippen molar-refractivity contribution in [3.63, 3.8) is 0 Å². The second-order valence-corrected chi connectivity index (χ2v) is 23.2. The Kier molecular flexibility index (Phi) is 5.48. The van der Waals surface area contributed by atoms with Crippen LogP contribution in [0.3, 0.4) is 0 Å². The SMILES string of the molecule is C[Si](C)(C)C(p1nc(-c2ccc(O)cc2)nc1-c1ccccc1)[Si](C)(C)C. The van der Waals surface area contributed by atoms with Crippen LogP contribution in [-0.4, -0.2) is 31.0 Å². The van der Waals surface area contributed by atoms with Crippen molar-refractivity contribution in [1.29, 1.82) is 0 Å². The van der Waals surface area contributed by atoms with E-state index in [0.717, 1.165) is 11.4 Å². The molecule has 0 aliphatic rings. The van der Waals surface area contributed by atoms with Crippen molar-refractivity contribution in [2.24, 2.45) is 0 Å². The van der Waals surface area contributed by atoms with Crippen LogP contribution < -0.4 is 0 Å². The van der Waals surface area contributed by atoms with E-state index < -0.39 is 23.8 Å². The first-order valence-electron chi connectivity index (χ1n) is 9.39. The summed E-state index contributed by atoms with van der Waals surface area (Å²) in [5.74, 6) is 1.09. The molecule has 1 N–H and O–H groups in total. The van der Waals surface area contributed by atoms with Gasteiger partial charge in [-0.3, -0.25) is 0 Å². The fourth-order valence-electron chi connectivity index (χ4n) is 4.05. The van der Waals surface area contributed by atoms with Crippen molar-refractivity contribution in [1.82, 2.24) is 9.73 Å². The van der Waals surface area contributed by atoms with E-state index in [2.05, 4.69) is 69.6 Å². The normalized spacial score (nSPS) is 13.2. The average Bonchev–Trinajstić information content (AvgIpc) is 2.98. The highest BCUT2D eigenvalue weighted by Gasteiger charge is 2.42. The highest BCUT2D eigenvalue weighted by molar-refractivity contribution is 7.56. The molecule has 3 nitrogen and oxygen atoms in total. The molecule has 6 heteroatoms. The smallest absolute Gasteiger partial charge is 0.163 e. The van der Waals surface area contributed by atoms with Crippen LogP contribution in [0.15, 0.2) is 54.6 Å². The number of aromatic nitrogens is 2. The fourth-order valence-corrected chi connectivity index (χ4v) is 22.8. The van der Waals surface area contributed by atoms with Crippen LogP contribution in [0.4, 0.5) is 0 Å². The lowest BCUT2D eigenvalue weighted by atomic mass is 10.2. The molecule has 0 aliphatic carbocycles. The molecule has 27 heavy (non-hydrogen) atoms. The van der Waals surface area contributed by atoms with Crippen LogP contribution in [0.5, 0.6) is 5.75 Å². The molecule has 0 spiro atoms. The molecule has 0 amide bonds. The summed E-state index contributed by atoms with van der Waals surface area (Å²) in [6.45, 7) is 14.9. The molecule has 142 valence electrons. The van der Waals surface area contributed by atoms with Crippen molar-refractivity contribution in [3.05, 3.63) is 54.6 Å². The molecule has 1 aromatic heterocycles. The van der Waals surface area contributed by atoms with Gasteiger partial charge in [-0.05, 0) is 32.0 Å². The maximum absolute atomic E-state index is 9.62. The van der Waals surface area contributed by atoms with E-state index in [-0.39, 0.29) is 5.75 Å². The van der Waals surface area contributed by atoms with Gasteiger partial charge in [-0.15, -0.1) is 0 Å². The summed E-state index contributed by atoms with van der Waals surface area (Å²) in [6.07, 6.45) is 0. The zero-order valence-electron chi connectivity index (χ0n) is 17.1. The van der Waals surface area contributed by atoms with Gasteiger partial charge in [0.1, 0.15) is 11.2 Å². The summed E-state index contributed by atoms with van der Waals surface area (Å²) in [5, 5.41) is 9.62. The highest BCUT2D eigenvalue weighted by atomic mass is 31.1. The minimum Gasteiger partial charge on any atom is -0.508 e. The first-order valence-corrected chi connectivity index (χ1v) is 17.9. The quantitative estimate of drug-likeness (QED) is 0.469. The number of aromatic hydroxyl groups is 1. The monoisotopic (exact) mass is 412 g/mol. The molecular formula is C21H29N2OPSi2. The van der Waals surface area contributed by atoms with E-state index in [1.807, 2.05) is 12.1 Å². The average molecular weight is 413 g/mol. The maximum atomic E-state index is 9.62. The molecule has 1 atom stereocenters. The van der Waals surface area contributed by atoms with Crippen LogP contribution in [0.2, 0.25) is 39.3 Å². The number of nitrogens with zero attached hydrogens (tertiary/aromatic N) is 2. The van der Waals surface area contributed by atoms with Gasteiger partial charge in [0.25, 0.3) is 0 Å². The van der Waals surface area contributed by atoms with Gasteiger partial charge < -0.3 is 5.11 Å². The molecular weight excluding hydrogens is 383 g/mol. The number of rotatable bonds is 5. The molecule has 0 radical (unpaired) electrons. The zero-order valence-corrected chi connectivity index (χ0v) is 20.0. The van der Waals surface area contributed by atoms with E-state index in [0.29, 0.717) is 4.91 Å². The summed E-state index contributed by atoms with van der Waals surface area (Å²) in [5.41, 5.74) is 3.35. The molecule has 1 heterocycles. The number of benzene rings is 2. The Hall–Kier alpha value is -1.69. The van der Waals surface area contributed by atoms with Crippen LogP contribution in [-0.2, 0) is 0 Å². The van der Waals surface area contributed by atoms with E-state index in [4.69, 9.17) is 9.73 Å². The van der Waals surface area contributed by atoms with Gasteiger partial charge in [-0.2, -0.15) is 0 Å². The summed E-state index contributed by atoms with van der Waals surface area (Å²) >= 11 is 0. The Balaban J connectivity index is 2.23. The van der Waals surface area contributed by atoms with Gasteiger partial charge in [0.2, 0.25) is 0 Å². The van der Waals surface area contributed by atoms with E-state index in [1.165, 1.54) is 11.0 Å². The molecule has 0 saturated carbocycles. The van der Waals surface area contributed by atoms with Crippen molar-refractivity contribution in [2.75, 3.05) is 0 Å². The van der Waals surface area contributed by atoms with E-state index >= 15 is 0 Å². The van der Waals surface area contributed by atoms with E-state index in [9.17, 15) is 5.11 Å². The number of phenols is 1. The second-order valence-electron chi connectivity index (χ2n) is 9.25. The molecule has 0 bridgehead atoms. The van der Waals surface area contributed by atoms with Gasteiger partial charge in [-0.1, -0.05) is 69.6 Å². The van der Waals surface area contributed by atoms with Crippen molar-refractivity contribution in [3.8, 4) is 28.1 Å². The molecule has 2 aromatic carbocycles. The molecule has 1 unspecified atom stereocenters. The Morgan fingerprint density at radius 2 is 1.33 bits per heavy atom. The minimum absolute atomic E-state index is 0.272. The number of phenolic OH excluding ortho intramolecular Hbond substituents is 1. The lowest BCUT2D eigenvalue weighted by Gasteiger charge is -2.37. The Bertz CT molecular complexity index is 896. The molecule has 3 aromatic rings. The summed E-state index contributed by atoms with van der Waals surface area (Å²) < 4.78 is 5.24. The predicted molar refractivity (Wildman–Crippen MR) is 123 cm³/mol. The molecule has 0 fully saturated rings. The lowest BCUT2D eigenvalue weighted by Crippen LogP contribution is -2.43. The van der Waals surface area contributed by atoms with Gasteiger partial charge in [0.05, 0.1) is 16.1 Å². The maximum Gasteiger partial charge on any atom is 0.163 e. The third-order valence-corrected chi connectivity index (χ3v) is 21.0. The van der Waals surface area contributed by atoms with Crippen LogP contribution in [0.25, 0.3) is 22.4 Å². The lowest BCUT2D eigenvalue weighted by molar-refractivity contribution is 0.475. The van der Waals surface area contributed by atoms with Gasteiger partial charge in [0, 0.05) is 16.0 Å². The predicted octanol–water partition coefficient (Wildman–Crippen LogP) is 6.80. The minimum atomic E-state index is -1.44. The molecule has 3 rings (SSSR count). The summed E-state index contributed by atoms with van der Waals surface area (Å²) in [4.78, 5) is 5.71.